The maximum atomic E-state index is 12.7. The molecule has 0 spiro atoms. The van der Waals surface area contributed by atoms with E-state index in [1.165, 1.54) is 6.42 Å². The fraction of sp³-hybridized carbons (Fsp3) is 0.333. The van der Waals surface area contributed by atoms with Gasteiger partial charge in [0.1, 0.15) is 0 Å². The molecule has 0 saturated carbocycles. The van der Waals surface area contributed by atoms with E-state index in [4.69, 9.17) is 0 Å². The molecule has 6 nitrogen and oxygen atoms in total. The molecule has 1 fully saturated rings. The highest BCUT2D eigenvalue weighted by Crippen LogP contribution is 2.25. The lowest BCUT2D eigenvalue weighted by atomic mass is 10.0. The average molecular weight is 321 g/mol. The molecule has 1 saturated heterocycles. The molecule has 6 heteroatoms. The third-order valence-corrected chi connectivity index (χ3v) is 4.54. The largest absolute Gasteiger partial charge is 0.342 e. The molecule has 1 aliphatic heterocycles. The maximum Gasteiger partial charge on any atom is 0.262 e. The van der Waals surface area contributed by atoms with Crippen LogP contribution in [0, 0.1) is 5.92 Å². The van der Waals surface area contributed by atoms with Crippen LogP contribution in [0.4, 0.5) is 5.95 Å². The van der Waals surface area contributed by atoms with Gasteiger partial charge in [-0.15, -0.1) is 0 Å². The predicted molar refractivity (Wildman–Crippen MR) is 94.0 cm³/mol. The second-order valence-corrected chi connectivity index (χ2v) is 6.38. The summed E-state index contributed by atoms with van der Waals surface area (Å²) in [4.78, 5) is 30.8. The molecule has 0 radical (unpaired) electrons. The van der Waals surface area contributed by atoms with E-state index in [9.17, 15) is 4.79 Å². The van der Waals surface area contributed by atoms with Crippen LogP contribution in [-0.2, 0) is 0 Å². The van der Waals surface area contributed by atoms with Crippen molar-refractivity contribution in [3.63, 3.8) is 0 Å². The van der Waals surface area contributed by atoms with Crippen molar-refractivity contribution >= 4 is 17.0 Å². The Balaban J connectivity index is 1.84. The first-order valence-electron chi connectivity index (χ1n) is 8.27. The van der Waals surface area contributed by atoms with Crippen molar-refractivity contribution in [2.24, 2.45) is 5.92 Å². The standard InChI is InChI=1S/C18H19N5O/c1-12-3-2-10-23(11-12)18-21-16-15(17(24)22-18)14(6-9-20-16)13-4-7-19-8-5-13/h4-9,12H,2-3,10-11H2,1H3,(H,20,21,22,24). The van der Waals surface area contributed by atoms with Crippen molar-refractivity contribution < 1.29 is 0 Å². The summed E-state index contributed by atoms with van der Waals surface area (Å²) in [6.45, 7) is 4.06. The first-order valence-corrected chi connectivity index (χ1v) is 8.27. The first-order chi connectivity index (χ1) is 11.7. The van der Waals surface area contributed by atoms with Crippen molar-refractivity contribution in [3.05, 3.63) is 47.1 Å². The number of H-pyrrole nitrogens is 1. The third-order valence-electron chi connectivity index (χ3n) is 4.54. The van der Waals surface area contributed by atoms with Gasteiger partial charge in [0.2, 0.25) is 5.95 Å². The van der Waals surface area contributed by atoms with Crippen LogP contribution in [0.1, 0.15) is 19.8 Å². The lowest BCUT2D eigenvalue weighted by Crippen LogP contribution is -2.36. The van der Waals surface area contributed by atoms with Crippen molar-refractivity contribution in [2.75, 3.05) is 18.0 Å². The summed E-state index contributed by atoms with van der Waals surface area (Å²) in [5, 5.41) is 0.525. The Morgan fingerprint density at radius 1 is 1.21 bits per heavy atom. The molecule has 1 N–H and O–H groups in total. The number of aromatic nitrogens is 4. The highest BCUT2D eigenvalue weighted by molar-refractivity contribution is 5.91. The minimum Gasteiger partial charge on any atom is -0.342 e. The van der Waals surface area contributed by atoms with Gasteiger partial charge < -0.3 is 4.90 Å². The summed E-state index contributed by atoms with van der Waals surface area (Å²) in [6, 6.07) is 5.61. The lowest BCUT2D eigenvalue weighted by Gasteiger charge is -2.31. The molecule has 1 unspecified atom stereocenters. The van der Waals surface area contributed by atoms with E-state index in [-0.39, 0.29) is 5.56 Å². The number of aromatic amines is 1. The number of nitrogens with zero attached hydrogens (tertiary/aromatic N) is 4. The fourth-order valence-electron chi connectivity index (χ4n) is 3.36. The molecule has 0 bridgehead atoms. The van der Waals surface area contributed by atoms with E-state index < -0.39 is 0 Å². The number of pyridine rings is 2. The number of hydrogen-bond donors (Lipinski definition) is 1. The van der Waals surface area contributed by atoms with Gasteiger partial charge in [-0.05, 0) is 48.1 Å². The molecule has 0 aromatic carbocycles. The van der Waals surface area contributed by atoms with Crippen LogP contribution in [0.5, 0.6) is 0 Å². The third kappa shape index (κ3) is 2.64. The molecule has 4 rings (SSSR count). The lowest BCUT2D eigenvalue weighted by molar-refractivity contribution is 0.442. The van der Waals surface area contributed by atoms with Crippen molar-refractivity contribution in [1.82, 2.24) is 19.9 Å². The Hall–Kier alpha value is -2.76. The van der Waals surface area contributed by atoms with Gasteiger partial charge >= 0.3 is 0 Å². The predicted octanol–water partition coefficient (Wildman–Crippen LogP) is 2.62. The summed E-state index contributed by atoms with van der Waals surface area (Å²) < 4.78 is 0. The van der Waals surface area contributed by atoms with Crippen molar-refractivity contribution in [1.29, 1.82) is 0 Å². The second kappa shape index (κ2) is 6.03. The van der Waals surface area contributed by atoms with Gasteiger partial charge in [-0.1, -0.05) is 6.92 Å². The molecule has 1 aliphatic rings. The van der Waals surface area contributed by atoms with Gasteiger partial charge in [-0.3, -0.25) is 14.8 Å². The number of anilines is 1. The molecule has 0 amide bonds. The molecule has 3 aromatic rings. The van der Waals surface area contributed by atoms with E-state index in [1.807, 2.05) is 18.2 Å². The zero-order valence-corrected chi connectivity index (χ0v) is 13.6. The van der Waals surface area contributed by atoms with E-state index in [2.05, 4.69) is 31.8 Å². The maximum absolute atomic E-state index is 12.7. The summed E-state index contributed by atoms with van der Waals surface area (Å²) in [5.74, 6) is 1.23. The molecule has 4 heterocycles. The Morgan fingerprint density at radius 3 is 2.83 bits per heavy atom. The topological polar surface area (TPSA) is 74.8 Å². The highest BCUT2D eigenvalue weighted by Gasteiger charge is 2.20. The van der Waals surface area contributed by atoms with Crippen molar-refractivity contribution in [2.45, 2.75) is 19.8 Å². The SMILES string of the molecule is CC1CCCN(c2nc3nccc(-c4ccncc4)c3c(=O)[nH]2)C1. The molecule has 122 valence electrons. The summed E-state index contributed by atoms with van der Waals surface area (Å²) >= 11 is 0. The minimum atomic E-state index is -0.145. The van der Waals surface area contributed by atoms with Crippen LogP contribution in [0.15, 0.2) is 41.6 Å². The normalized spacial score (nSPS) is 18.0. The van der Waals surface area contributed by atoms with Gasteiger partial charge in [0.25, 0.3) is 5.56 Å². The van der Waals surface area contributed by atoms with E-state index in [0.717, 1.165) is 30.6 Å². The zero-order valence-electron chi connectivity index (χ0n) is 13.6. The van der Waals surface area contributed by atoms with Crippen LogP contribution in [-0.4, -0.2) is 33.0 Å². The minimum absolute atomic E-state index is 0.145. The summed E-state index contributed by atoms with van der Waals surface area (Å²) in [7, 11) is 0. The monoisotopic (exact) mass is 321 g/mol. The Morgan fingerprint density at radius 2 is 2.04 bits per heavy atom. The molecule has 1 atom stereocenters. The number of fused-ring (bicyclic) bond motifs is 1. The number of nitrogens with one attached hydrogen (secondary N) is 1. The van der Waals surface area contributed by atoms with Gasteiger partial charge in [0.05, 0.1) is 5.39 Å². The highest BCUT2D eigenvalue weighted by atomic mass is 16.1. The van der Waals surface area contributed by atoms with Crippen LogP contribution in [0.3, 0.4) is 0 Å². The summed E-state index contributed by atoms with van der Waals surface area (Å²) in [5.41, 5.74) is 2.10. The quantitative estimate of drug-likeness (QED) is 0.785. The summed E-state index contributed by atoms with van der Waals surface area (Å²) in [6.07, 6.45) is 7.47. The van der Waals surface area contributed by atoms with Gasteiger partial charge in [-0.25, -0.2) is 4.98 Å². The van der Waals surface area contributed by atoms with Crippen LogP contribution in [0.2, 0.25) is 0 Å². The molecular formula is C18H19N5O. The smallest absolute Gasteiger partial charge is 0.262 e. The molecule has 3 aromatic heterocycles. The average Bonchev–Trinajstić information content (AvgIpc) is 2.62. The zero-order chi connectivity index (χ0) is 16.5. The van der Waals surface area contributed by atoms with E-state index in [1.54, 1.807) is 18.6 Å². The molecule has 24 heavy (non-hydrogen) atoms. The number of hydrogen-bond acceptors (Lipinski definition) is 5. The van der Waals surface area contributed by atoms with Gasteiger partial charge in [0.15, 0.2) is 5.65 Å². The van der Waals surface area contributed by atoms with Crippen LogP contribution in [0.25, 0.3) is 22.2 Å². The van der Waals surface area contributed by atoms with Crippen molar-refractivity contribution in [3.8, 4) is 11.1 Å². The Bertz CT molecular complexity index is 922. The van der Waals surface area contributed by atoms with E-state index >= 15 is 0 Å². The van der Waals surface area contributed by atoms with Crippen LogP contribution >= 0.6 is 0 Å². The Kier molecular flexibility index (Phi) is 3.72. The molecular weight excluding hydrogens is 302 g/mol. The fourth-order valence-corrected chi connectivity index (χ4v) is 3.36. The molecule has 0 aliphatic carbocycles. The van der Waals surface area contributed by atoms with Gasteiger partial charge in [0, 0.05) is 31.7 Å². The van der Waals surface area contributed by atoms with E-state index in [0.29, 0.717) is 22.9 Å². The number of rotatable bonds is 2. The van der Waals surface area contributed by atoms with Crippen LogP contribution < -0.4 is 10.5 Å². The Labute approximate surface area is 139 Å². The van der Waals surface area contributed by atoms with Gasteiger partial charge in [-0.2, -0.15) is 4.98 Å². The number of piperidine rings is 1. The first kappa shape index (κ1) is 14.8. The second-order valence-electron chi connectivity index (χ2n) is 6.38.